The van der Waals surface area contributed by atoms with Crippen molar-refractivity contribution < 1.29 is 14.3 Å². The van der Waals surface area contributed by atoms with Crippen molar-refractivity contribution in [1.29, 1.82) is 0 Å². The number of imide groups is 1. The number of carbonyl (C=O) groups excluding carboxylic acids is 2. The number of nitrogens with one attached hydrogen (secondary N) is 1. The SMILES string of the molecule is O=C1NC(=O)C(CCCCCCOc2ccc(Cl)cc2)S1. The lowest BCUT2D eigenvalue weighted by Crippen LogP contribution is -2.24. The van der Waals surface area contributed by atoms with Gasteiger partial charge in [0.05, 0.1) is 11.9 Å². The topological polar surface area (TPSA) is 55.4 Å². The second kappa shape index (κ2) is 8.29. The predicted octanol–water partition coefficient (Wildman–Crippen LogP) is 4.02. The minimum absolute atomic E-state index is 0.143. The molecular formula is C15H18ClNO3S. The van der Waals surface area contributed by atoms with Gasteiger partial charge in [-0.05, 0) is 37.1 Å². The number of amides is 2. The summed E-state index contributed by atoms with van der Waals surface area (Å²) in [5.41, 5.74) is 0. The van der Waals surface area contributed by atoms with Crippen molar-refractivity contribution in [1.82, 2.24) is 5.32 Å². The maximum atomic E-state index is 11.3. The Bertz CT molecular complexity index is 492. The van der Waals surface area contributed by atoms with Crippen molar-refractivity contribution in [3.8, 4) is 5.75 Å². The van der Waals surface area contributed by atoms with Gasteiger partial charge in [-0.15, -0.1) is 0 Å². The van der Waals surface area contributed by atoms with Gasteiger partial charge < -0.3 is 4.74 Å². The molecule has 1 atom stereocenters. The van der Waals surface area contributed by atoms with Gasteiger partial charge in [0.2, 0.25) is 5.91 Å². The van der Waals surface area contributed by atoms with Gasteiger partial charge in [-0.25, -0.2) is 0 Å². The molecule has 0 aromatic heterocycles. The Labute approximate surface area is 133 Å². The lowest BCUT2D eigenvalue weighted by Gasteiger charge is -2.07. The van der Waals surface area contributed by atoms with Crippen molar-refractivity contribution in [2.75, 3.05) is 6.61 Å². The number of hydrogen-bond donors (Lipinski definition) is 1. The number of ether oxygens (including phenoxy) is 1. The summed E-state index contributed by atoms with van der Waals surface area (Å²) in [5, 5.41) is 2.60. The first kappa shape index (κ1) is 16.2. The largest absolute Gasteiger partial charge is 0.494 e. The molecule has 1 heterocycles. The Morgan fingerprint density at radius 1 is 1.10 bits per heavy atom. The zero-order valence-electron chi connectivity index (χ0n) is 11.6. The highest BCUT2D eigenvalue weighted by molar-refractivity contribution is 8.15. The van der Waals surface area contributed by atoms with Gasteiger partial charge in [0, 0.05) is 5.02 Å². The molecule has 1 aliphatic heterocycles. The highest BCUT2D eigenvalue weighted by Crippen LogP contribution is 2.24. The molecule has 1 aromatic carbocycles. The first-order valence-corrected chi connectivity index (χ1v) is 8.31. The summed E-state index contributed by atoms with van der Waals surface area (Å²) in [7, 11) is 0. The standard InChI is InChI=1S/C15H18ClNO3S/c16-11-6-8-12(9-7-11)20-10-4-2-1-3-5-13-14(18)17-15(19)21-13/h6-9,13H,1-5,10H2,(H,17,18,19). The van der Waals surface area contributed by atoms with E-state index >= 15 is 0 Å². The molecule has 1 unspecified atom stereocenters. The molecule has 2 rings (SSSR count). The Kier molecular flexibility index (Phi) is 6.39. The Morgan fingerprint density at radius 2 is 1.81 bits per heavy atom. The fraction of sp³-hybridized carbons (Fsp3) is 0.467. The van der Waals surface area contributed by atoms with E-state index in [0.29, 0.717) is 11.6 Å². The fourth-order valence-electron chi connectivity index (χ4n) is 2.09. The maximum absolute atomic E-state index is 11.3. The second-order valence-corrected chi connectivity index (χ2v) is 6.50. The minimum atomic E-state index is -0.221. The molecule has 0 saturated carbocycles. The zero-order valence-corrected chi connectivity index (χ0v) is 13.2. The van der Waals surface area contributed by atoms with E-state index in [9.17, 15) is 9.59 Å². The lowest BCUT2D eigenvalue weighted by molar-refractivity contribution is -0.119. The quantitative estimate of drug-likeness (QED) is 0.733. The van der Waals surface area contributed by atoms with Crippen molar-refractivity contribution >= 4 is 34.5 Å². The Hall–Kier alpha value is -1.20. The van der Waals surface area contributed by atoms with Crippen molar-refractivity contribution in [3.05, 3.63) is 29.3 Å². The first-order valence-electron chi connectivity index (χ1n) is 7.05. The van der Waals surface area contributed by atoms with Gasteiger partial charge in [-0.2, -0.15) is 0 Å². The fourth-order valence-corrected chi connectivity index (χ4v) is 3.08. The molecule has 1 aromatic rings. The summed E-state index contributed by atoms with van der Waals surface area (Å²) in [4.78, 5) is 22.3. The molecule has 6 heteroatoms. The number of carbonyl (C=O) groups is 2. The van der Waals surface area contributed by atoms with E-state index in [4.69, 9.17) is 16.3 Å². The van der Waals surface area contributed by atoms with Gasteiger partial charge >= 0.3 is 0 Å². The molecule has 0 radical (unpaired) electrons. The number of unbranched alkanes of at least 4 members (excludes halogenated alkanes) is 3. The number of hydrogen-bond acceptors (Lipinski definition) is 4. The molecule has 1 fully saturated rings. The van der Waals surface area contributed by atoms with Crippen LogP contribution in [0, 0.1) is 0 Å². The van der Waals surface area contributed by atoms with Gasteiger partial charge in [0.1, 0.15) is 5.75 Å². The van der Waals surface area contributed by atoms with Gasteiger partial charge in [-0.3, -0.25) is 14.9 Å². The highest BCUT2D eigenvalue weighted by atomic mass is 35.5. The third-order valence-electron chi connectivity index (χ3n) is 3.21. The van der Waals surface area contributed by atoms with Crippen LogP contribution in [-0.4, -0.2) is 23.0 Å². The average Bonchev–Trinajstić information content (AvgIpc) is 2.78. The predicted molar refractivity (Wildman–Crippen MR) is 84.9 cm³/mol. The van der Waals surface area contributed by atoms with Crippen LogP contribution < -0.4 is 10.1 Å². The third kappa shape index (κ3) is 5.59. The molecule has 1 aliphatic rings. The van der Waals surface area contributed by atoms with Gasteiger partial charge in [-0.1, -0.05) is 42.6 Å². The van der Waals surface area contributed by atoms with Crippen molar-refractivity contribution in [2.24, 2.45) is 0 Å². The van der Waals surface area contributed by atoms with E-state index in [1.165, 1.54) is 0 Å². The van der Waals surface area contributed by atoms with E-state index in [0.717, 1.165) is 49.6 Å². The summed E-state index contributed by atoms with van der Waals surface area (Å²) in [6.07, 6.45) is 4.80. The summed E-state index contributed by atoms with van der Waals surface area (Å²) >= 11 is 6.90. The van der Waals surface area contributed by atoms with Crippen LogP contribution >= 0.6 is 23.4 Å². The van der Waals surface area contributed by atoms with Crippen LogP contribution in [0.3, 0.4) is 0 Å². The zero-order chi connectivity index (χ0) is 15.1. The Balaban J connectivity index is 1.49. The summed E-state index contributed by atoms with van der Waals surface area (Å²) < 4.78 is 5.60. The van der Waals surface area contributed by atoms with Crippen LogP contribution in [0.5, 0.6) is 5.75 Å². The maximum Gasteiger partial charge on any atom is 0.286 e. The van der Waals surface area contributed by atoms with Crippen LogP contribution in [0.1, 0.15) is 32.1 Å². The van der Waals surface area contributed by atoms with Gasteiger partial charge in [0.15, 0.2) is 0 Å². The van der Waals surface area contributed by atoms with Crippen LogP contribution in [0.25, 0.3) is 0 Å². The normalized spacial score (nSPS) is 17.9. The first-order chi connectivity index (χ1) is 10.1. The van der Waals surface area contributed by atoms with Crippen LogP contribution in [0.4, 0.5) is 4.79 Å². The molecule has 21 heavy (non-hydrogen) atoms. The van der Waals surface area contributed by atoms with Crippen LogP contribution in [0.15, 0.2) is 24.3 Å². The van der Waals surface area contributed by atoms with E-state index < -0.39 is 0 Å². The second-order valence-electron chi connectivity index (χ2n) is 4.89. The minimum Gasteiger partial charge on any atom is -0.494 e. The monoisotopic (exact) mass is 327 g/mol. The highest BCUT2D eigenvalue weighted by Gasteiger charge is 2.30. The Morgan fingerprint density at radius 3 is 2.48 bits per heavy atom. The number of rotatable bonds is 8. The number of benzene rings is 1. The third-order valence-corrected chi connectivity index (χ3v) is 4.51. The van der Waals surface area contributed by atoms with E-state index in [1.807, 2.05) is 24.3 Å². The summed E-state index contributed by atoms with van der Waals surface area (Å²) in [5.74, 6) is 0.688. The lowest BCUT2D eigenvalue weighted by atomic mass is 10.1. The van der Waals surface area contributed by atoms with E-state index in [-0.39, 0.29) is 16.4 Å². The van der Waals surface area contributed by atoms with Crippen molar-refractivity contribution in [2.45, 2.75) is 37.4 Å². The molecule has 0 bridgehead atoms. The van der Waals surface area contributed by atoms with E-state index in [2.05, 4.69) is 5.32 Å². The molecule has 114 valence electrons. The van der Waals surface area contributed by atoms with Crippen LogP contribution in [-0.2, 0) is 4.79 Å². The number of thioether (sulfide) groups is 1. The van der Waals surface area contributed by atoms with E-state index in [1.54, 1.807) is 0 Å². The average molecular weight is 328 g/mol. The number of halogens is 1. The summed E-state index contributed by atoms with van der Waals surface area (Å²) in [6.45, 7) is 0.679. The molecule has 2 amide bonds. The van der Waals surface area contributed by atoms with Gasteiger partial charge in [0.25, 0.3) is 5.24 Å². The van der Waals surface area contributed by atoms with Crippen molar-refractivity contribution in [3.63, 3.8) is 0 Å². The smallest absolute Gasteiger partial charge is 0.286 e. The van der Waals surface area contributed by atoms with Crippen LogP contribution in [0.2, 0.25) is 5.02 Å². The molecule has 0 spiro atoms. The molecular weight excluding hydrogens is 310 g/mol. The molecule has 1 saturated heterocycles. The summed E-state index contributed by atoms with van der Waals surface area (Å²) in [6, 6.07) is 7.33. The molecule has 1 N–H and O–H groups in total. The molecule has 4 nitrogen and oxygen atoms in total. The molecule has 0 aliphatic carbocycles.